The van der Waals surface area contributed by atoms with Crippen LogP contribution in [0.1, 0.15) is 37.6 Å². The van der Waals surface area contributed by atoms with Gasteiger partial charge >= 0.3 is 0 Å². The van der Waals surface area contributed by atoms with Gasteiger partial charge in [0, 0.05) is 18.7 Å². The van der Waals surface area contributed by atoms with Crippen LogP contribution in [0.2, 0.25) is 0 Å². The predicted octanol–water partition coefficient (Wildman–Crippen LogP) is 5.06. The highest BCUT2D eigenvalue weighted by molar-refractivity contribution is 7.99. The molecule has 7 nitrogen and oxygen atoms in total. The third kappa shape index (κ3) is 5.56. The lowest BCUT2D eigenvalue weighted by Crippen LogP contribution is -2.17. The van der Waals surface area contributed by atoms with E-state index in [9.17, 15) is 4.79 Å². The molecular weight excluding hydrogens is 444 g/mol. The smallest absolute Gasteiger partial charge is 0.235 e. The van der Waals surface area contributed by atoms with Crippen LogP contribution in [0.5, 0.6) is 0 Å². The molecule has 4 aromatic rings. The number of rotatable bonds is 7. The van der Waals surface area contributed by atoms with Gasteiger partial charge in [0.25, 0.3) is 0 Å². The fourth-order valence-electron chi connectivity index (χ4n) is 3.67. The lowest BCUT2D eigenvalue weighted by Gasteiger charge is -2.19. The average Bonchev–Trinajstić information content (AvgIpc) is 3.34. The lowest BCUT2D eigenvalue weighted by molar-refractivity contribution is -0.113. The molecule has 1 amide bonds. The number of benzene rings is 2. The van der Waals surface area contributed by atoms with Gasteiger partial charge in [0.15, 0.2) is 11.0 Å². The van der Waals surface area contributed by atoms with Crippen molar-refractivity contribution in [1.82, 2.24) is 24.5 Å². The molecule has 0 radical (unpaired) electrons. The molecule has 0 aliphatic rings. The molecule has 34 heavy (non-hydrogen) atoms. The first kappa shape index (κ1) is 23.8. The lowest BCUT2D eigenvalue weighted by atomic mass is 9.87. The van der Waals surface area contributed by atoms with Gasteiger partial charge in [-0.1, -0.05) is 87.1 Å². The van der Waals surface area contributed by atoms with Crippen molar-refractivity contribution in [3.63, 3.8) is 0 Å². The molecule has 8 heteroatoms. The van der Waals surface area contributed by atoms with Crippen molar-refractivity contribution >= 4 is 23.5 Å². The van der Waals surface area contributed by atoms with Crippen molar-refractivity contribution in [3.05, 3.63) is 77.5 Å². The van der Waals surface area contributed by atoms with Crippen molar-refractivity contribution in [2.24, 2.45) is 7.05 Å². The average molecular weight is 475 g/mol. The van der Waals surface area contributed by atoms with Gasteiger partial charge in [-0.15, -0.1) is 10.2 Å². The van der Waals surface area contributed by atoms with E-state index in [1.165, 1.54) is 17.3 Å². The molecule has 0 saturated carbocycles. The van der Waals surface area contributed by atoms with Gasteiger partial charge in [-0.3, -0.25) is 14.0 Å². The second kappa shape index (κ2) is 9.85. The van der Waals surface area contributed by atoms with Gasteiger partial charge in [0.05, 0.1) is 18.0 Å². The molecule has 0 spiro atoms. The number of hydrogen-bond donors (Lipinski definition) is 1. The monoisotopic (exact) mass is 474 g/mol. The molecule has 0 fully saturated rings. The van der Waals surface area contributed by atoms with E-state index < -0.39 is 0 Å². The van der Waals surface area contributed by atoms with Crippen LogP contribution in [-0.2, 0) is 23.8 Å². The molecule has 2 aromatic carbocycles. The van der Waals surface area contributed by atoms with Crippen LogP contribution in [-0.4, -0.2) is 36.2 Å². The Morgan fingerprint density at radius 3 is 2.35 bits per heavy atom. The minimum Gasteiger partial charge on any atom is -0.310 e. The maximum atomic E-state index is 12.6. The SMILES string of the molecule is Cc1cc(NC(=O)CSc2nnc(-c3ccc(C(C)(C)C)cc3)n2Cc2ccccc2)n(C)n1. The first-order valence-electron chi connectivity index (χ1n) is 11.2. The Hall–Kier alpha value is -3.39. The largest absolute Gasteiger partial charge is 0.310 e. The maximum absolute atomic E-state index is 12.6. The van der Waals surface area contributed by atoms with Crippen LogP contribution >= 0.6 is 11.8 Å². The van der Waals surface area contributed by atoms with Crippen molar-refractivity contribution in [1.29, 1.82) is 0 Å². The minimum atomic E-state index is -0.113. The fourth-order valence-corrected chi connectivity index (χ4v) is 4.41. The van der Waals surface area contributed by atoms with Crippen molar-refractivity contribution in [2.45, 2.75) is 44.8 Å². The number of thioether (sulfide) groups is 1. The van der Waals surface area contributed by atoms with Crippen molar-refractivity contribution < 1.29 is 4.79 Å². The van der Waals surface area contributed by atoms with Gasteiger partial charge in [-0.25, -0.2) is 0 Å². The van der Waals surface area contributed by atoms with E-state index in [0.29, 0.717) is 17.5 Å². The molecular formula is C26H30N6OS. The Morgan fingerprint density at radius 1 is 1.03 bits per heavy atom. The number of carbonyl (C=O) groups excluding carboxylic acids is 1. The summed E-state index contributed by atoms with van der Waals surface area (Å²) in [6.07, 6.45) is 0. The number of nitrogens with zero attached hydrogens (tertiary/aromatic N) is 5. The van der Waals surface area contributed by atoms with E-state index in [1.54, 1.807) is 4.68 Å². The van der Waals surface area contributed by atoms with E-state index in [-0.39, 0.29) is 17.1 Å². The predicted molar refractivity (Wildman–Crippen MR) is 137 cm³/mol. The molecule has 0 atom stereocenters. The molecule has 0 aliphatic heterocycles. The number of aryl methyl sites for hydroxylation is 2. The van der Waals surface area contributed by atoms with Crippen LogP contribution in [0.15, 0.2) is 65.8 Å². The summed E-state index contributed by atoms with van der Waals surface area (Å²) >= 11 is 1.38. The Balaban J connectivity index is 1.57. The molecule has 0 unspecified atom stereocenters. The number of amides is 1. The van der Waals surface area contributed by atoms with Gasteiger partial charge in [-0.2, -0.15) is 5.10 Å². The molecule has 4 rings (SSSR count). The summed E-state index contributed by atoms with van der Waals surface area (Å²) in [6, 6.07) is 20.5. The van der Waals surface area contributed by atoms with Crippen LogP contribution in [0, 0.1) is 6.92 Å². The van der Waals surface area contributed by atoms with Crippen LogP contribution in [0.4, 0.5) is 5.82 Å². The van der Waals surface area contributed by atoms with E-state index in [4.69, 9.17) is 0 Å². The summed E-state index contributed by atoms with van der Waals surface area (Å²) in [4.78, 5) is 12.6. The Labute approximate surface area is 204 Å². The molecule has 2 heterocycles. The molecule has 176 valence electrons. The number of hydrogen-bond acceptors (Lipinski definition) is 5. The first-order chi connectivity index (χ1) is 16.2. The third-order valence-electron chi connectivity index (χ3n) is 5.51. The summed E-state index contributed by atoms with van der Waals surface area (Å²) < 4.78 is 3.74. The zero-order valence-electron chi connectivity index (χ0n) is 20.2. The first-order valence-corrected chi connectivity index (χ1v) is 12.2. The van der Waals surface area contributed by atoms with Crippen LogP contribution in [0.3, 0.4) is 0 Å². The highest BCUT2D eigenvalue weighted by atomic mass is 32.2. The summed E-state index contributed by atoms with van der Waals surface area (Å²) in [5, 5.41) is 16.8. The number of anilines is 1. The van der Waals surface area contributed by atoms with Gasteiger partial charge < -0.3 is 5.32 Å². The molecule has 1 N–H and O–H groups in total. The minimum absolute atomic E-state index is 0.0804. The van der Waals surface area contributed by atoms with Crippen molar-refractivity contribution in [3.8, 4) is 11.4 Å². The van der Waals surface area contributed by atoms with E-state index in [1.807, 2.05) is 38.2 Å². The zero-order valence-corrected chi connectivity index (χ0v) is 21.1. The molecule has 0 saturated heterocycles. The summed E-state index contributed by atoms with van der Waals surface area (Å²) in [5.74, 6) is 1.57. The summed E-state index contributed by atoms with van der Waals surface area (Å²) in [5.41, 5.74) is 4.35. The Kier molecular flexibility index (Phi) is 6.88. The van der Waals surface area contributed by atoms with Gasteiger partial charge in [0.1, 0.15) is 5.82 Å². The highest BCUT2D eigenvalue weighted by Gasteiger charge is 2.18. The van der Waals surface area contributed by atoms with Gasteiger partial charge in [0.2, 0.25) is 5.91 Å². The molecule has 2 aromatic heterocycles. The van der Waals surface area contributed by atoms with Crippen LogP contribution < -0.4 is 5.32 Å². The normalized spacial score (nSPS) is 11.6. The Morgan fingerprint density at radius 2 is 1.74 bits per heavy atom. The maximum Gasteiger partial charge on any atom is 0.235 e. The number of nitrogens with one attached hydrogen (secondary N) is 1. The Bertz CT molecular complexity index is 1270. The second-order valence-corrected chi connectivity index (χ2v) is 10.3. The summed E-state index contributed by atoms with van der Waals surface area (Å²) in [6.45, 7) is 9.12. The quantitative estimate of drug-likeness (QED) is 0.379. The standard InChI is InChI=1S/C26H30N6OS/c1-18-15-22(31(5)30-18)27-23(33)17-34-25-29-28-24(32(25)16-19-9-7-6-8-10-19)20-11-13-21(14-12-20)26(2,3)4/h6-15H,16-17H2,1-5H3,(H,27,33). The van der Waals surface area contributed by atoms with Crippen molar-refractivity contribution in [2.75, 3.05) is 11.1 Å². The number of carbonyl (C=O) groups is 1. The van der Waals surface area contributed by atoms with Gasteiger partial charge in [-0.05, 0) is 23.5 Å². The number of aromatic nitrogens is 5. The molecule has 0 bridgehead atoms. The second-order valence-electron chi connectivity index (χ2n) is 9.34. The van der Waals surface area contributed by atoms with E-state index >= 15 is 0 Å². The zero-order chi connectivity index (χ0) is 24.3. The van der Waals surface area contributed by atoms with E-state index in [2.05, 4.69) is 82.3 Å². The topological polar surface area (TPSA) is 77.6 Å². The van der Waals surface area contributed by atoms with Crippen LogP contribution in [0.25, 0.3) is 11.4 Å². The highest BCUT2D eigenvalue weighted by Crippen LogP contribution is 2.28. The fraction of sp³-hybridized carbons (Fsp3) is 0.308. The third-order valence-corrected chi connectivity index (χ3v) is 6.48. The molecule has 0 aliphatic carbocycles. The summed E-state index contributed by atoms with van der Waals surface area (Å²) in [7, 11) is 1.81. The van der Waals surface area contributed by atoms with E-state index in [0.717, 1.165) is 22.6 Å².